The Labute approximate surface area is 186 Å². The molecule has 0 radical (unpaired) electrons. The molecule has 0 bridgehead atoms. The minimum atomic E-state index is -0.467. The highest BCUT2D eigenvalue weighted by atomic mass is 35.5. The number of anilines is 1. The number of fused-ring (bicyclic) bond motifs is 1. The summed E-state index contributed by atoms with van der Waals surface area (Å²) in [5.74, 6) is -0.681. The van der Waals surface area contributed by atoms with E-state index in [4.69, 9.17) is 16.3 Å². The third-order valence-corrected chi connectivity index (χ3v) is 6.13. The fourth-order valence-electron chi connectivity index (χ4n) is 4.19. The fraction of sp³-hybridized carbons (Fsp3) is 0.280. The predicted molar refractivity (Wildman–Crippen MR) is 123 cm³/mol. The smallest absolute Gasteiger partial charge is 0.337 e. The van der Waals surface area contributed by atoms with Crippen molar-refractivity contribution < 1.29 is 14.3 Å². The van der Waals surface area contributed by atoms with Crippen molar-refractivity contribution in [3.63, 3.8) is 0 Å². The molecule has 160 valence electrons. The number of esters is 1. The molecule has 1 heterocycles. The van der Waals surface area contributed by atoms with Crippen molar-refractivity contribution in [2.45, 2.75) is 19.4 Å². The Morgan fingerprint density at radius 3 is 2.77 bits per heavy atom. The van der Waals surface area contributed by atoms with Crippen LogP contribution in [0, 0.1) is 5.92 Å². The van der Waals surface area contributed by atoms with Crippen molar-refractivity contribution in [2.24, 2.45) is 5.92 Å². The maximum Gasteiger partial charge on any atom is 0.337 e. The number of piperidine rings is 1. The van der Waals surface area contributed by atoms with Gasteiger partial charge in [0.15, 0.2) is 0 Å². The van der Waals surface area contributed by atoms with Crippen LogP contribution in [0.25, 0.3) is 10.8 Å². The van der Waals surface area contributed by atoms with E-state index in [1.54, 1.807) is 18.2 Å². The maximum absolute atomic E-state index is 13.0. The van der Waals surface area contributed by atoms with E-state index in [0.29, 0.717) is 22.8 Å². The van der Waals surface area contributed by atoms with Crippen molar-refractivity contribution in [3.8, 4) is 0 Å². The van der Waals surface area contributed by atoms with Gasteiger partial charge in [-0.2, -0.15) is 0 Å². The SMILES string of the molecule is COC(=O)c1ccc(Cl)c(NC(=O)C2CCCN(Cc3cccc4ccccc34)C2)c1. The number of benzene rings is 3. The number of likely N-dealkylation sites (tertiary alicyclic amines) is 1. The number of hydrogen-bond donors (Lipinski definition) is 1. The number of amides is 1. The van der Waals surface area contributed by atoms with Crippen LogP contribution in [-0.4, -0.2) is 37.0 Å². The Hall–Kier alpha value is -2.89. The monoisotopic (exact) mass is 436 g/mol. The third kappa shape index (κ3) is 4.89. The first kappa shape index (κ1) is 21.3. The molecule has 1 saturated heterocycles. The summed E-state index contributed by atoms with van der Waals surface area (Å²) in [5.41, 5.74) is 2.05. The highest BCUT2D eigenvalue weighted by Crippen LogP contribution is 2.27. The van der Waals surface area contributed by atoms with E-state index in [1.807, 2.05) is 6.07 Å². The topological polar surface area (TPSA) is 58.6 Å². The van der Waals surface area contributed by atoms with Gasteiger partial charge in [-0.15, -0.1) is 0 Å². The number of carbonyl (C=O) groups excluding carboxylic acids is 2. The van der Waals surface area contributed by atoms with Crippen molar-refractivity contribution in [1.82, 2.24) is 4.90 Å². The predicted octanol–water partition coefficient (Wildman–Crippen LogP) is 5.13. The normalized spacial score (nSPS) is 16.8. The average Bonchev–Trinajstić information content (AvgIpc) is 2.80. The molecular weight excluding hydrogens is 412 g/mol. The Morgan fingerprint density at radius 2 is 1.94 bits per heavy atom. The van der Waals surface area contributed by atoms with E-state index in [2.05, 4.69) is 46.6 Å². The van der Waals surface area contributed by atoms with Crippen molar-refractivity contribution in [1.29, 1.82) is 0 Å². The second-order valence-corrected chi connectivity index (χ2v) is 8.30. The lowest BCUT2D eigenvalue weighted by Gasteiger charge is -2.32. The largest absolute Gasteiger partial charge is 0.465 e. The van der Waals surface area contributed by atoms with E-state index in [-0.39, 0.29) is 11.8 Å². The average molecular weight is 437 g/mol. The van der Waals surface area contributed by atoms with E-state index < -0.39 is 5.97 Å². The van der Waals surface area contributed by atoms with Crippen LogP contribution in [0.2, 0.25) is 5.02 Å². The van der Waals surface area contributed by atoms with Gasteiger partial charge >= 0.3 is 5.97 Å². The molecule has 0 aliphatic carbocycles. The quantitative estimate of drug-likeness (QED) is 0.563. The highest BCUT2D eigenvalue weighted by molar-refractivity contribution is 6.33. The van der Waals surface area contributed by atoms with Crippen LogP contribution in [0.1, 0.15) is 28.8 Å². The lowest BCUT2D eigenvalue weighted by atomic mass is 9.96. The van der Waals surface area contributed by atoms with Gasteiger partial charge in [0.1, 0.15) is 0 Å². The molecule has 1 N–H and O–H groups in total. The molecule has 1 aliphatic heterocycles. The van der Waals surface area contributed by atoms with E-state index >= 15 is 0 Å². The third-order valence-electron chi connectivity index (χ3n) is 5.80. The first-order valence-electron chi connectivity index (χ1n) is 10.4. The van der Waals surface area contributed by atoms with Crippen molar-refractivity contribution in [3.05, 3.63) is 76.8 Å². The van der Waals surface area contributed by atoms with Gasteiger partial charge in [-0.05, 0) is 53.9 Å². The van der Waals surface area contributed by atoms with Gasteiger partial charge in [-0.25, -0.2) is 4.79 Å². The maximum atomic E-state index is 13.0. The molecule has 1 unspecified atom stereocenters. The molecule has 5 nitrogen and oxygen atoms in total. The van der Waals surface area contributed by atoms with Crippen LogP contribution < -0.4 is 5.32 Å². The number of methoxy groups -OCH3 is 1. The van der Waals surface area contributed by atoms with Gasteiger partial charge in [-0.1, -0.05) is 54.1 Å². The lowest BCUT2D eigenvalue weighted by Crippen LogP contribution is -2.40. The summed E-state index contributed by atoms with van der Waals surface area (Å²) in [5, 5.41) is 5.78. The number of nitrogens with zero attached hydrogens (tertiary/aromatic N) is 1. The number of hydrogen-bond acceptors (Lipinski definition) is 4. The zero-order valence-electron chi connectivity index (χ0n) is 17.4. The van der Waals surface area contributed by atoms with Gasteiger partial charge < -0.3 is 10.1 Å². The first-order valence-corrected chi connectivity index (χ1v) is 10.8. The molecule has 0 saturated carbocycles. The van der Waals surface area contributed by atoms with E-state index in [1.165, 1.54) is 23.4 Å². The molecule has 0 spiro atoms. The zero-order chi connectivity index (χ0) is 21.8. The standard InChI is InChI=1S/C25H25ClN2O3/c1-31-25(30)18-11-12-22(26)23(14-18)27-24(29)20-9-5-13-28(16-20)15-19-8-4-7-17-6-2-3-10-21(17)19/h2-4,6-8,10-12,14,20H,5,9,13,15-16H2,1H3,(H,27,29). The Bertz CT molecular complexity index is 1110. The van der Waals surface area contributed by atoms with Crippen LogP contribution >= 0.6 is 11.6 Å². The Morgan fingerprint density at radius 1 is 1.13 bits per heavy atom. The highest BCUT2D eigenvalue weighted by Gasteiger charge is 2.26. The molecule has 1 atom stereocenters. The summed E-state index contributed by atoms with van der Waals surface area (Å²) in [6.07, 6.45) is 1.78. The van der Waals surface area contributed by atoms with Crippen molar-refractivity contribution in [2.75, 3.05) is 25.5 Å². The lowest BCUT2D eigenvalue weighted by molar-refractivity contribution is -0.121. The number of nitrogens with one attached hydrogen (secondary N) is 1. The van der Waals surface area contributed by atoms with Crippen LogP contribution in [0.5, 0.6) is 0 Å². The molecule has 1 fully saturated rings. The van der Waals surface area contributed by atoms with Crippen LogP contribution in [0.3, 0.4) is 0 Å². The van der Waals surface area contributed by atoms with E-state index in [0.717, 1.165) is 25.9 Å². The molecule has 3 aromatic carbocycles. The van der Waals surface area contributed by atoms with Gasteiger partial charge in [0.05, 0.1) is 29.3 Å². The Balaban J connectivity index is 1.45. The number of ether oxygens (including phenoxy) is 1. The zero-order valence-corrected chi connectivity index (χ0v) is 18.2. The minimum Gasteiger partial charge on any atom is -0.465 e. The number of rotatable bonds is 5. The van der Waals surface area contributed by atoms with Crippen LogP contribution in [-0.2, 0) is 16.1 Å². The van der Waals surface area contributed by atoms with Crippen LogP contribution in [0.15, 0.2) is 60.7 Å². The minimum absolute atomic E-state index is 0.0773. The molecule has 0 aromatic heterocycles. The summed E-state index contributed by atoms with van der Waals surface area (Å²) >= 11 is 6.24. The molecule has 6 heteroatoms. The van der Waals surface area contributed by atoms with E-state index in [9.17, 15) is 9.59 Å². The van der Waals surface area contributed by atoms with Gasteiger partial charge in [-0.3, -0.25) is 9.69 Å². The molecule has 4 rings (SSSR count). The van der Waals surface area contributed by atoms with Crippen molar-refractivity contribution >= 4 is 39.9 Å². The molecule has 1 aliphatic rings. The molecular formula is C25H25ClN2O3. The molecule has 31 heavy (non-hydrogen) atoms. The fourth-order valence-corrected chi connectivity index (χ4v) is 4.35. The van der Waals surface area contributed by atoms with Crippen LogP contribution in [0.4, 0.5) is 5.69 Å². The van der Waals surface area contributed by atoms with Gasteiger partial charge in [0.25, 0.3) is 0 Å². The molecule has 3 aromatic rings. The number of carbonyl (C=O) groups is 2. The summed E-state index contributed by atoms with van der Waals surface area (Å²) < 4.78 is 4.75. The second-order valence-electron chi connectivity index (χ2n) is 7.89. The summed E-state index contributed by atoms with van der Waals surface area (Å²) in [6.45, 7) is 2.46. The summed E-state index contributed by atoms with van der Waals surface area (Å²) in [7, 11) is 1.32. The first-order chi connectivity index (χ1) is 15.0. The Kier molecular flexibility index (Phi) is 6.54. The molecule has 1 amide bonds. The summed E-state index contributed by atoms with van der Waals surface area (Å²) in [6, 6.07) is 19.5. The number of halogens is 1. The summed E-state index contributed by atoms with van der Waals surface area (Å²) in [4.78, 5) is 27.1. The van der Waals surface area contributed by atoms with Gasteiger partial charge in [0, 0.05) is 13.1 Å². The van der Waals surface area contributed by atoms with Gasteiger partial charge in [0.2, 0.25) is 5.91 Å². The second kappa shape index (κ2) is 9.50.